The monoisotopic (exact) mass is 251 g/mol. The molecule has 0 aliphatic heterocycles. The lowest BCUT2D eigenvalue weighted by Gasteiger charge is -1.95. The molecular weight excluding hydrogens is 238 g/mol. The summed E-state index contributed by atoms with van der Waals surface area (Å²) in [6.45, 7) is 0. The van der Waals surface area contributed by atoms with Gasteiger partial charge in [0.25, 0.3) is 0 Å². The van der Waals surface area contributed by atoms with Crippen LogP contribution in [0.15, 0.2) is 23.4 Å². The van der Waals surface area contributed by atoms with Crippen LogP contribution >= 0.6 is 11.8 Å². The number of H-pyrrole nitrogens is 1. The lowest BCUT2D eigenvalue weighted by Crippen LogP contribution is -2.09. The molecule has 5 nitrogen and oxygen atoms in total. The van der Waals surface area contributed by atoms with Crippen molar-refractivity contribution in [3.8, 4) is 5.75 Å². The Morgan fingerprint density at radius 3 is 3.12 bits per heavy atom. The van der Waals surface area contributed by atoms with Crippen LogP contribution < -0.4 is 5.73 Å². The number of aromatic nitrogens is 2. The first-order valence-electron chi connectivity index (χ1n) is 5.25. The van der Waals surface area contributed by atoms with E-state index >= 15 is 0 Å². The van der Waals surface area contributed by atoms with Crippen LogP contribution in [0.3, 0.4) is 0 Å². The van der Waals surface area contributed by atoms with Crippen LogP contribution in [0.2, 0.25) is 0 Å². The maximum Gasteiger partial charge on any atom is 0.217 e. The Balaban J connectivity index is 1.97. The van der Waals surface area contributed by atoms with Gasteiger partial charge in [0.15, 0.2) is 5.16 Å². The number of benzene rings is 1. The molecule has 0 aliphatic carbocycles. The number of amides is 1. The summed E-state index contributed by atoms with van der Waals surface area (Å²) in [5.74, 6) is 0.723. The lowest BCUT2D eigenvalue weighted by molar-refractivity contribution is -0.118. The fraction of sp³-hybridized carbons (Fsp3) is 0.273. The fourth-order valence-corrected chi connectivity index (χ4v) is 2.28. The van der Waals surface area contributed by atoms with Crippen molar-refractivity contribution in [2.24, 2.45) is 5.73 Å². The molecular formula is C11H13N3O2S. The van der Waals surface area contributed by atoms with E-state index in [1.165, 1.54) is 11.8 Å². The number of hydrogen-bond donors (Lipinski definition) is 3. The Labute approximate surface area is 102 Å². The molecule has 1 aromatic heterocycles. The molecule has 0 radical (unpaired) electrons. The molecule has 0 atom stereocenters. The number of primary amides is 1. The van der Waals surface area contributed by atoms with Crippen LogP contribution in [-0.2, 0) is 4.79 Å². The number of aromatic hydroxyl groups is 1. The van der Waals surface area contributed by atoms with E-state index in [1.807, 2.05) is 0 Å². The van der Waals surface area contributed by atoms with E-state index in [1.54, 1.807) is 18.2 Å². The Kier molecular flexibility index (Phi) is 3.53. The van der Waals surface area contributed by atoms with Gasteiger partial charge in [0.1, 0.15) is 5.75 Å². The number of nitrogens with zero attached hydrogens (tertiary/aromatic N) is 1. The van der Waals surface area contributed by atoms with Gasteiger partial charge < -0.3 is 15.8 Å². The van der Waals surface area contributed by atoms with Gasteiger partial charge in [0.2, 0.25) is 5.91 Å². The van der Waals surface area contributed by atoms with Gasteiger partial charge in [-0.15, -0.1) is 0 Å². The number of thioether (sulfide) groups is 1. The third kappa shape index (κ3) is 3.13. The van der Waals surface area contributed by atoms with Crippen molar-refractivity contribution >= 4 is 28.7 Å². The minimum Gasteiger partial charge on any atom is -0.508 e. The normalized spacial score (nSPS) is 10.8. The summed E-state index contributed by atoms with van der Waals surface area (Å²) < 4.78 is 0. The summed E-state index contributed by atoms with van der Waals surface area (Å²) in [5, 5.41) is 10.1. The first-order chi connectivity index (χ1) is 8.15. The highest BCUT2D eigenvalue weighted by atomic mass is 32.2. The fourth-order valence-electron chi connectivity index (χ4n) is 1.46. The van der Waals surface area contributed by atoms with Gasteiger partial charge >= 0.3 is 0 Å². The van der Waals surface area contributed by atoms with Crippen LogP contribution in [0.1, 0.15) is 12.8 Å². The van der Waals surface area contributed by atoms with Crippen molar-refractivity contribution in [2.45, 2.75) is 18.0 Å². The van der Waals surface area contributed by atoms with Crippen LogP contribution in [0.4, 0.5) is 0 Å². The maximum absolute atomic E-state index is 10.6. The van der Waals surface area contributed by atoms with Crippen LogP contribution in [-0.4, -0.2) is 26.7 Å². The molecule has 0 saturated heterocycles. The first-order valence-corrected chi connectivity index (χ1v) is 6.23. The zero-order valence-corrected chi connectivity index (χ0v) is 9.96. The van der Waals surface area contributed by atoms with Crippen molar-refractivity contribution in [3.63, 3.8) is 0 Å². The molecule has 90 valence electrons. The van der Waals surface area contributed by atoms with Gasteiger partial charge in [-0.1, -0.05) is 11.8 Å². The summed E-state index contributed by atoms with van der Waals surface area (Å²) in [6.07, 6.45) is 1.14. The molecule has 0 saturated carbocycles. The van der Waals surface area contributed by atoms with E-state index in [0.29, 0.717) is 6.42 Å². The predicted molar refractivity (Wildman–Crippen MR) is 66.9 cm³/mol. The van der Waals surface area contributed by atoms with Crippen molar-refractivity contribution in [2.75, 3.05) is 5.75 Å². The average molecular weight is 251 g/mol. The van der Waals surface area contributed by atoms with Gasteiger partial charge in [0, 0.05) is 18.2 Å². The zero-order chi connectivity index (χ0) is 12.3. The highest BCUT2D eigenvalue weighted by Crippen LogP contribution is 2.22. The quantitative estimate of drug-likeness (QED) is 0.556. The molecule has 0 fully saturated rings. The van der Waals surface area contributed by atoms with Crippen LogP contribution in [0.5, 0.6) is 5.75 Å². The Morgan fingerprint density at radius 2 is 2.35 bits per heavy atom. The second kappa shape index (κ2) is 5.09. The molecule has 4 N–H and O–H groups in total. The number of phenols is 1. The summed E-state index contributed by atoms with van der Waals surface area (Å²) in [7, 11) is 0. The van der Waals surface area contributed by atoms with E-state index < -0.39 is 0 Å². The van der Waals surface area contributed by atoms with Gasteiger partial charge in [0.05, 0.1) is 11.0 Å². The Morgan fingerprint density at radius 1 is 1.53 bits per heavy atom. The van der Waals surface area contributed by atoms with E-state index in [0.717, 1.165) is 28.4 Å². The summed E-state index contributed by atoms with van der Waals surface area (Å²) >= 11 is 1.54. The predicted octanol–water partition coefficient (Wildman–Crippen LogP) is 1.63. The summed E-state index contributed by atoms with van der Waals surface area (Å²) in [5.41, 5.74) is 6.68. The van der Waals surface area contributed by atoms with Crippen molar-refractivity contribution in [1.82, 2.24) is 9.97 Å². The van der Waals surface area contributed by atoms with E-state index in [-0.39, 0.29) is 11.7 Å². The molecule has 6 heteroatoms. The SMILES string of the molecule is NC(=O)CCCSc1nc2ccc(O)cc2[nH]1. The minimum absolute atomic E-state index is 0.214. The minimum atomic E-state index is -0.278. The second-order valence-corrected chi connectivity index (χ2v) is 4.75. The number of aromatic amines is 1. The number of hydrogen-bond acceptors (Lipinski definition) is 4. The third-order valence-electron chi connectivity index (χ3n) is 2.25. The first kappa shape index (κ1) is 11.8. The zero-order valence-electron chi connectivity index (χ0n) is 9.14. The number of imidazole rings is 1. The molecule has 0 spiro atoms. The molecule has 1 amide bonds. The van der Waals surface area contributed by atoms with Gasteiger partial charge in [-0.05, 0) is 18.6 Å². The summed E-state index contributed by atoms with van der Waals surface area (Å²) in [6, 6.07) is 5.00. The molecule has 0 bridgehead atoms. The molecule has 2 aromatic rings. The Hall–Kier alpha value is -1.69. The molecule has 0 unspecified atom stereocenters. The smallest absolute Gasteiger partial charge is 0.217 e. The number of phenolic OH excluding ortho intramolecular Hbond substituents is 1. The third-order valence-corrected chi connectivity index (χ3v) is 3.21. The topological polar surface area (TPSA) is 92.0 Å². The molecule has 1 heterocycles. The highest BCUT2D eigenvalue weighted by molar-refractivity contribution is 7.99. The van der Waals surface area contributed by atoms with Crippen molar-refractivity contribution in [3.05, 3.63) is 18.2 Å². The average Bonchev–Trinajstić information content (AvgIpc) is 2.66. The second-order valence-electron chi connectivity index (χ2n) is 3.66. The number of rotatable bonds is 5. The van der Waals surface area contributed by atoms with E-state index in [2.05, 4.69) is 9.97 Å². The van der Waals surface area contributed by atoms with E-state index in [4.69, 9.17) is 5.73 Å². The maximum atomic E-state index is 10.6. The standard InChI is InChI=1S/C11H13N3O2S/c12-10(16)2-1-5-17-11-13-8-4-3-7(15)6-9(8)14-11/h3-4,6,15H,1-2,5H2,(H2,12,16)(H,13,14). The highest BCUT2D eigenvalue weighted by Gasteiger charge is 2.04. The number of fused-ring (bicyclic) bond motifs is 1. The van der Waals surface area contributed by atoms with Crippen molar-refractivity contribution in [1.29, 1.82) is 0 Å². The van der Waals surface area contributed by atoms with Gasteiger partial charge in [-0.3, -0.25) is 4.79 Å². The van der Waals surface area contributed by atoms with Gasteiger partial charge in [-0.2, -0.15) is 0 Å². The van der Waals surface area contributed by atoms with Crippen LogP contribution in [0, 0.1) is 0 Å². The van der Waals surface area contributed by atoms with Gasteiger partial charge in [-0.25, -0.2) is 4.98 Å². The largest absolute Gasteiger partial charge is 0.508 e. The van der Waals surface area contributed by atoms with E-state index in [9.17, 15) is 9.90 Å². The molecule has 0 aliphatic rings. The molecule has 2 rings (SSSR count). The number of nitrogens with one attached hydrogen (secondary N) is 1. The lowest BCUT2D eigenvalue weighted by atomic mass is 10.3. The number of carbonyl (C=O) groups excluding carboxylic acids is 1. The Bertz CT molecular complexity index is 538. The molecule has 1 aromatic carbocycles. The molecule has 17 heavy (non-hydrogen) atoms. The van der Waals surface area contributed by atoms with Crippen LogP contribution in [0.25, 0.3) is 11.0 Å². The summed E-state index contributed by atoms with van der Waals surface area (Å²) in [4.78, 5) is 18.0. The van der Waals surface area contributed by atoms with Crippen molar-refractivity contribution < 1.29 is 9.90 Å². The number of carbonyl (C=O) groups is 1. The number of nitrogens with two attached hydrogens (primary N) is 1.